The number of aromatic hydroxyl groups is 1. The molecule has 0 aromatic heterocycles. The zero-order valence-electron chi connectivity index (χ0n) is 12.2. The first-order chi connectivity index (χ1) is 11.5. The molecule has 2 N–H and O–H groups in total. The van der Waals surface area contributed by atoms with Crippen LogP contribution in [0, 0.1) is 5.82 Å². The maximum atomic E-state index is 13.4. The van der Waals surface area contributed by atoms with Crippen molar-refractivity contribution in [3.05, 3.63) is 65.5 Å². The highest BCUT2D eigenvalue weighted by Crippen LogP contribution is 2.23. The Bertz CT molecular complexity index is 878. The lowest BCUT2D eigenvalue weighted by Gasteiger charge is -2.28. The van der Waals surface area contributed by atoms with Crippen molar-refractivity contribution in [2.45, 2.75) is 0 Å². The molecule has 2 aromatic carbocycles. The minimum atomic E-state index is -0.651. The van der Waals surface area contributed by atoms with Gasteiger partial charge in [0.25, 0.3) is 11.8 Å². The number of carbonyl (C=O) groups is 2. The second kappa shape index (κ2) is 6.21. The van der Waals surface area contributed by atoms with E-state index < -0.39 is 17.6 Å². The number of rotatable bonds is 2. The van der Waals surface area contributed by atoms with Crippen LogP contribution in [0.2, 0.25) is 0 Å². The van der Waals surface area contributed by atoms with Gasteiger partial charge < -0.3 is 5.11 Å². The van der Waals surface area contributed by atoms with Crippen LogP contribution >= 0.6 is 12.2 Å². The number of phenols is 1. The van der Waals surface area contributed by atoms with Gasteiger partial charge in [0.2, 0.25) is 0 Å². The first kappa shape index (κ1) is 15.8. The molecule has 1 aliphatic heterocycles. The van der Waals surface area contributed by atoms with Crippen molar-refractivity contribution in [3.63, 3.8) is 0 Å². The van der Waals surface area contributed by atoms with Gasteiger partial charge in [0.05, 0.1) is 5.69 Å². The number of phenolic OH excluding ortho intramolecular Hbond substituents is 1. The number of amides is 2. The van der Waals surface area contributed by atoms with Crippen LogP contribution in [-0.2, 0) is 9.59 Å². The SMILES string of the molecule is O=C1NC(=S)N(c2cccc(F)c2)C(=O)C1=Cc1ccc(O)cc1. The summed E-state index contributed by atoms with van der Waals surface area (Å²) >= 11 is 5.03. The highest BCUT2D eigenvalue weighted by molar-refractivity contribution is 7.80. The molecule has 120 valence electrons. The molecule has 0 spiro atoms. The van der Waals surface area contributed by atoms with E-state index in [1.165, 1.54) is 36.4 Å². The van der Waals surface area contributed by atoms with E-state index >= 15 is 0 Å². The lowest BCUT2D eigenvalue weighted by Crippen LogP contribution is -2.54. The van der Waals surface area contributed by atoms with Crippen LogP contribution in [-0.4, -0.2) is 22.0 Å². The number of hydrogen-bond donors (Lipinski definition) is 2. The van der Waals surface area contributed by atoms with Crippen LogP contribution < -0.4 is 10.2 Å². The van der Waals surface area contributed by atoms with E-state index in [1.54, 1.807) is 12.1 Å². The van der Waals surface area contributed by atoms with E-state index in [2.05, 4.69) is 5.32 Å². The van der Waals surface area contributed by atoms with E-state index in [4.69, 9.17) is 12.2 Å². The van der Waals surface area contributed by atoms with Gasteiger partial charge in [-0.05, 0) is 54.2 Å². The number of nitrogens with one attached hydrogen (secondary N) is 1. The molecule has 1 aliphatic rings. The molecule has 1 saturated heterocycles. The van der Waals surface area contributed by atoms with Crippen molar-refractivity contribution in [1.82, 2.24) is 5.32 Å². The summed E-state index contributed by atoms with van der Waals surface area (Å²) in [5, 5.41) is 11.6. The van der Waals surface area contributed by atoms with Crippen molar-refractivity contribution >= 4 is 40.9 Å². The Morgan fingerprint density at radius 3 is 2.50 bits per heavy atom. The maximum Gasteiger partial charge on any atom is 0.270 e. The van der Waals surface area contributed by atoms with Gasteiger partial charge in [-0.15, -0.1) is 0 Å². The third kappa shape index (κ3) is 3.02. The van der Waals surface area contributed by atoms with Gasteiger partial charge in [0.15, 0.2) is 5.11 Å². The molecule has 5 nitrogen and oxygen atoms in total. The predicted octanol–water partition coefficient (Wildman–Crippen LogP) is 2.36. The lowest BCUT2D eigenvalue weighted by atomic mass is 10.1. The number of anilines is 1. The van der Waals surface area contributed by atoms with Crippen molar-refractivity contribution < 1.29 is 19.1 Å². The van der Waals surface area contributed by atoms with E-state index in [0.717, 1.165) is 11.0 Å². The molecule has 2 aromatic rings. The van der Waals surface area contributed by atoms with Crippen molar-refractivity contribution in [1.29, 1.82) is 0 Å². The fraction of sp³-hybridized carbons (Fsp3) is 0. The topological polar surface area (TPSA) is 69.6 Å². The normalized spacial score (nSPS) is 16.5. The quantitative estimate of drug-likeness (QED) is 0.499. The van der Waals surface area contributed by atoms with Gasteiger partial charge in [0.1, 0.15) is 17.1 Å². The smallest absolute Gasteiger partial charge is 0.270 e. The molecule has 2 amide bonds. The Balaban J connectivity index is 2.01. The van der Waals surface area contributed by atoms with Gasteiger partial charge in [-0.3, -0.25) is 19.8 Å². The molecular formula is C17H11FN2O3S. The maximum absolute atomic E-state index is 13.4. The molecule has 0 radical (unpaired) electrons. The molecule has 24 heavy (non-hydrogen) atoms. The van der Waals surface area contributed by atoms with Crippen LogP contribution in [0.5, 0.6) is 5.75 Å². The monoisotopic (exact) mass is 342 g/mol. The zero-order chi connectivity index (χ0) is 17.3. The molecular weight excluding hydrogens is 331 g/mol. The summed E-state index contributed by atoms with van der Waals surface area (Å²) in [6.07, 6.45) is 1.38. The number of carbonyl (C=O) groups excluding carboxylic acids is 2. The highest BCUT2D eigenvalue weighted by atomic mass is 32.1. The molecule has 7 heteroatoms. The second-order valence-corrected chi connectivity index (χ2v) is 5.42. The molecule has 0 bridgehead atoms. The Morgan fingerprint density at radius 2 is 1.83 bits per heavy atom. The average molecular weight is 342 g/mol. The fourth-order valence-electron chi connectivity index (χ4n) is 2.24. The summed E-state index contributed by atoms with van der Waals surface area (Å²) in [6.45, 7) is 0. The van der Waals surface area contributed by atoms with Crippen LogP contribution in [0.25, 0.3) is 6.08 Å². The Hall–Kier alpha value is -3.06. The van der Waals surface area contributed by atoms with Crippen LogP contribution in [0.1, 0.15) is 5.56 Å². The standard InChI is InChI=1S/C17H11FN2O3S/c18-11-2-1-3-12(9-11)20-16(23)14(15(22)19-17(20)24)8-10-4-6-13(21)7-5-10/h1-9,21H,(H,19,22,24). The molecule has 3 rings (SSSR count). The molecule has 0 atom stereocenters. The van der Waals surface area contributed by atoms with Gasteiger partial charge in [-0.25, -0.2) is 4.39 Å². The van der Waals surface area contributed by atoms with E-state index in [0.29, 0.717) is 5.56 Å². The number of nitrogens with zero attached hydrogens (tertiary/aromatic N) is 1. The summed E-state index contributed by atoms with van der Waals surface area (Å²) < 4.78 is 13.4. The number of halogens is 1. The zero-order valence-corrected chi connectivity index (χ0v) is 13.0. The first-order valence-corrected chi connectivity index (χ1v) is 7.32. The number of hydrogen-bond acceptors (Lipinski definition) is 4. The summed E-state index contributed by atoms with van der Waals surface area (Å²) in [5.74, 6) is -1.74. The van der Waals surface area contributed by atoms with Crippen LogP contribution in [0.15, 0.2) is 54.1 Å². The first-order valence-electron chi connectivity index (χ1n) is 6.92. The van der Waals surface area contributed by atoms with Gasteiger partial charge in [-0.1, -0.05) is 18.2 Å². The summed E-state index contributed by atoms with van der Waals surface area (Å²) in [6, 6.07) is 11.3. The molecule has 1 heterocycles. The Labute approximate surface area is 142 Å². The highest BCUT2D eigenvalue weighted by Gasteiger charge is 2.34. The van der Waals surface area contributed by atoms with Crippen molar-refractivity contribution in [2.24, 2.45) is 0 Å². The van der Waals surface area contributed by atoms with E-state index in [-0.39, 0.29) is 22.1 Å². The molecule has 0 saturated carbocycles. The number of benzene rings is 2. The van der Waals surface area contributed by atoms with Gasteiger partial charge in [-0.2, -0.15) is 0 Å². The average Bonchev–Trinajstić information content (AvgIpc) is 2.53. The third-order valence-electron chi connectivity index (χ3n) is 3.37. The predicted molar refractivity (Wildman–Crippen MR) is 90.7 cm³/mol. The summed E-state index contributed by atoms with van der Waals surface area (Å²) in [5.41, 5.74) is 0.637. The minimum Gasteiger partial charge on any atom is -0.508 e. The van der Waals surface area contributed by atoms with E-state index in [1.807, 2.05) is 0 Å². The van der Waals surface area contributed by atoms with E-state index in [9.17, 15) is 19.1 Å². The van der Waals surface area contributed by atoms with Crippen LogP contribution in [0.4, 0.5) is 10.1 Å². The Morgan fingerprint density at radius 1 is 1.12 bits per heavy atom. The van der Waals surface area contributed by atoms with Gasteiger partial charge in [0, 0.05) is 0 Å². The summed E-state index contributed by atoms with van der Waals surface area (Å²) in [7, 11) is 0. The summed E-state index contributed by atoms with van der Waals surface area (Å²) in [4.78, 5) is 25.8. The molecule has 0 unspecified atom stereocenters. The fourth-order valence-corrected chi connectivity index (χ4v) is 2.53. The van der Waals surface area contributed by atoms with Crippen LogP contribution in [0.3, 0.4) is 0 Å². The molecule has 0 aliphatic carbocycles. The van der Waals surface area contributed by atoms with Crippen molar-refractivity contribution in [2.75, 3.05) is 4.90 Å². The lowest BCUT2D eigenvalue weighted by molar-refractivity contribution is -0.122. The Kier molecular flexibility index (Phi) is 4.09. The second-order valence-electron chi connectivity index (χ2n) is 5.03. The number of thiocarbonyl (C=S) groups is 1. The van der Waals surface area contributed by atoms with Gasteiger partial charge >= 0.3 is 0 Å². The molecule has 1 fully saturated rings. The minimum absolute atomic E-state index is 0.0686. The van der Waals surface area contributed by atoms with Crippen molar-refractivity contribution in [3.8, 4) is 5.75 Å². The largest absolute Gasteiger partial charge is 0.508 e. The third-order valence-corrected chi connectivity index (χ3v) is 3.66.